The number of aryl methyl sites for hydroxylation is 2. The first-order valence-electron chi connectivity index (χ1n) is 6.91. The SMILES string of the molecule is CCCCN(c1c(CCl)c(C)nn1C)C(C)CC. The van der Waals surface area contributed by atoms with E-state index in [1.54, 1.807) is 0 Å². The minimum Gasteiger partial charge on any atom is -0.354 e. The van der Waals surface area contributed by atoms with Crippen LogP contribution in [0.25, 0.3) is 0 Å². The minimum atomic E-state index is 0.522. The van der Waals surface area contributed by atoms with Gasteiger partial charge in [0.25, 0.3) is 0 Å². The van der Waals surface area contributed by atoms with Crippen LogP contribution in [0, 0.1) is 6.92 Å². The van der Waals surface area contributed by atoms with Gasteiger partial charge < -0.3 is 4.90 Å². The highest BCUT2D eigenvalue weighted by Crippen LogP contribution is 2.27. The molecule has 1 aromatic rings. The van der Waals surface area contributed by atoms with Crippen LogP contribution in [0.3, 0.4) is 0 Å². The fourth-order valence-electron chi connectivity index (χ4n) is 2.29. The molecule has 1 unspecified atom stereocenters. The van der Waals surface area contributed by atoms with Gasteiger partial charge in [-0.2, -0.15) is 5.10 Å². The lowest BCUT2D eigenvalue weighted by Gasteiger charge is -2.31. The van der Waals surface area contributed by atoms with E-state index >= 15 is 0 Å². The molecule has 18 heavy (non-hydrogen) atoms. The third-order valence-corrected chi connectivity index (χ3v) is 3.86. The first kappa shape index (κ1) is 15.4. The van der Waals surface area contributed by atoms with E-state index in [0.717, 1.165) is 18.7 Å². The molecule has 0 spiro atoms. The molecular weight excluding hydrogens is 246 g/mol. The molecule has 0 saturated carbocycles. The highest BCUT2D eigenvalue weighted by atomic mass is 35.5. The Morgan fingerprint density at radius 2 is 2.06 bits per heavy atom. The van der Waals surface area contributed by atoms with E-state index in [9.17, 15) is 0 Å². The van der Waals surface area contributed by atoms with Gasteiger partial charge in [-0.15, -0.1) is 11.6 Å². The van der Waals surface area contributed by atoms with Crippen LogP contribution < -0.4 is 4.90 Å². The van der Waals surface area contributed by atoms with Crippen molar-refractivity contribution in [2.24, 2.45) is 7.05 Å². The Labute approximate surface area is 116 Å². The number of hydrogen-bond donors (Lipinski definition) is 0. The van der Waals surface area contributed by atoms with E-state index in [-0.39, 0.29) is 0 Å². The fraction of sp³-hybridized carbons (Fsp3) is 0.786. The largest absolute Gasteiger partial charge is 0.354 e. The number of nitrogens with zero attached hydrogens (tertiary/aromatic N) is 3. The highest BCUT2D eigenvalue weighted by molar-refractivity contribution is 6.17. The van der Waals surface area contributed by atoms with Gasteiger partial charge in [0, 0.05) is 25.2 Å². The third kappa shape index (κ3) is 3.19. The van der Waals surface area contributed by atoms with Gasteiger partial charge in [-0.1, -0.05) is 20.3 Å². The summed E-state index contributed by atoms with van der Waals surface area (Å²) in [7, 11) is 2.01. The number of anilines is 1. The lowest BCUT2D eigenvalue weighted by atomic mass is 10.1. The molecule has 0 radical (unpaired) electrons. The Morgan fingerprint density at radius 1 is 1.39 bits per heavy atom. The van der Waals surface area contributed by atoms with Gasteiger partial charge in [0.05, 0.1) is 11.6 Å². The van der Waals surface area contributed by atoms with Crippen molar-refractivity contribution < 1.29 is 0 Å². The van der Waals surface area contributed by atoms with Gasteiger partial charge in [-0.05, 0) is 26.7 Å². The maximum absolute atomic E-state index is 6.10. The van der Waals surface area contributed by atoms with Crippen LogP contribution in [-0.2, 0) is 12.9 Å². The molecule has 0 aliphatic heterocycles. The number of alkyl halides is 1. The fourth-order valence-corrected chi connectivity index (χ4v) is 2.60. The molecular formula is C14H26ClN3. The molecule has 1 heterocycles. The van der Waals surface area contributed by atoms with E-state index in [0.29, 0.717) is 11.9 Å². The maximum Gasteiger partial charge on any atom is 0.131 e. The topological polar surface area (TPSA) is 21.1 Å². The molecule has 0 aliphatic rings. The molecule has 4 heteroatoms. The summed E-state index contributed by atoms with van der Waals surface area (Å²) in [6.45, 7) is 9.85. The predicted octanol–water partition coefficient (Wildman–Crippen LogP) is 3.87. The summed E-state index contributed by atoms with van der Waals surface area (Å²) in [6, 6.07) is 0.522. The molecule has 0 amide bonds. The molecule has 0 N–H and O–H groups in total. The smallest absolute Gasteiger partial charge is 0.131 e. The van der Waals surface area contributed by atoms with Crippen LogP contribution in [0.4, 0.5) is 5.82 Å². The lowest BCUT2D eigenvalue weighted by molar-refractivity contribution is 0.571. The van der Waals surface area contributed by atoms with Crippen molar-refractivity contribution in [2.75, 3.05) is 11.4 Å². The molecule has 0 aromatic carbocycles. The Morgan fingerprint density at radius 3 is 2.56 bits per heavy atom. The first-order chi connectivity index (χ1) is 8.56. The van der Waals surface area contributed by atoms with Crippen LogP contribution in [-0.4, -0.2) is 22.4 Å². The standard InChI is InChI=1S/C14H26ClN3/c1-6-8-9-18(11(3)7-2)14-13(10-15)12(4)16-17(14)5/h11H,6-10H2,1-5H3. The lowest BCUT2D eigenvalue weighted by Crippen LogP contribution is -2.35. The van der Waals surface area contributed by atoms with E-state index in [1.807, 2.05) is 18.7 Å². The van der Waals surface area contributed by atoms with E-state index in [4.69, 9.17) is 11.6 Å². The zero-order valence-electron chi connectivity index (χ0n) is 12.3. The molecule has 0 saturated heterocycles. The summed E-state index contributed by atoms with van der Waals surface area (Å²) < 4.78 is 1.98. The summed E-state index contributed by atoms with van der Waals surface area (Å²) in [5.74, 6) is 1.74. The zero-order valence-corrected chi connectivity index (χ0v) is 13.1. The van der Waals surface area contributed by atoms with Gasteiger partial charge in [0.15, 0.2) is 0 Å². The normalized spacial score (nSPS) is 12.8. The molecule has 1 aromatic heterocycles. The average molecular weight is 272 g/mol. The number of rotatable bonds is 7. The van der Waals surface area contributed by atoms with Gasteiger partial charge in [-0.25, -0.2) is 0 Å². The number of aromatic nitrogens is 2. The summed E-state index contributed by atoms with van der Waals surface area (Å²) in [5.41, 5.74) is 2.22. The van der Waals surface area contributed by atoms with Crippen LogP contribution in [0.15, 0.2) is 0 Å². The van der Waals surface area contributed by atoms with Crippen LogP contribution >= 0.6 is 11.6 Å². The maximum atomic E-state index is 6.10. The monoisotopic (exact) mass is 271 g/mol. The molecule has 0 fully saturated rings. The van der Waals surface area contributed by atoms with Crippen molar-refractivity contribution in [3.05, 3.63) is 11.3 Å². The van der Waals surface area contributed by atoms with Crippen molar-refractivity contribution >= 4 is 17.4 Å². The molecule has 1 atom stereocenters. The van der Waals surface area contributed by atoms with Crippen LogP contribution in [0.1, 0.15) is 51.3 Å². The second-order valence-electron chi connectivity index (χ2n) is 4.95. The molecule has 1 rings (SSSR count). The Bertz CT molecular complexity index is 373. The van der Waals surface area contributed by atoms with Crippen molar-refractivity contribution in [2.45, 2.75) is 58.9 Å². The summed E-state index contributed by atoms with van der Waals surface area (Å²) in [5, 5.41) is 4.52. The molecule has 0 aliphatic carbocycles. The van der Waals surface area contributed by atoms with E-state index in [1.165, 1.54) is 24.2 Å². The van der Waals surface area contributed by atoms with Crippen molar-refractivity contribution in [3.63, 3.8) is 0 Å². The molecule has 3 nitrogen and oxygen atoms in total. The van der Waals surface area contributed by atoms with Gasteiger partial charge in [-0.3, -0.25) is 4.68 Å². The highest BCUT2D eigenvalue weighted by Gasteiger charge is 2.21. The summed E-state index contributed by atoms with van der Waals surface area (Å²) >= 11 is 6.10. The zero-order chi connectivity index (χ0) is 13.7. The Balaban J connectivity index is 3.11. The average Bonchev–Trinajstić information content (AvgIpc) is 2.64. The third-order valence-electron chi connectivity index (χ3n) is 3.59. The summed E-state index contributed by atoms with van der Waals surface area (Å²) in [6.07, 6.45) is 3.55. The van der Waals surface area contributed by atoms with Gasteiger partial charge in [0.2, 0.25) is 0 Å². The summed E-state index contributed by atoms with van der Waals surface area (Å²) in [4.78, 5) is 2.46. The number of unbranched alkanes of at least 4 members (excludes halogenated alkanes) is 1. The van der Waals surface area contributed by atoms with Gasteiger partial charge in [0.1, 0.15) is 5.82 Å². The van der Waals surface area contributed by atoms with Crippen LogP contribution in [0.2, 0.25) is 0 Å². The minimum absolute atomic E-state index is 0.522. The second-order valence-corrected chi connectivity index (χ2v) is 5.22. The first-order valence-corrected chi connectivity index (χ1v) is 7.45. The van der Waals surface area contributed by atoms with Crippen molar-refractivity contribution in [3.8, 4) is 0 Å². The van der Waals surface area contributed by atoms with E-state index < -0.39 is 0 Å². The quantitative estimate of drug-likeness (QED) is 0.702. The van der Waals surface area contributed by atoms with Crippen molar-refractivity contribution in [1.29, 1.82) is 0 Å². The predicted molar refractivity (Wildman–Crippen MR) is 79.5 cm³/mol. The number of halogens is 1. The van der Waals surface area contributed by atoms with Crippen molar-refractivity contribution in [1.82, 2.24) is 9.78 Å². The second kappa shape index (κ2) is 7.03. The Kier molecular flexibility index (Phi) is 6.00. The molecule has 104 valence electrons. The van der Waals surface area contributed by atoms with Gasteiger partial charge >= 0.3 is 0 Å². The number of hydrogen-bond acceptors (Lipinski definition) is 2. The van der Waals surface area contributed by atoms with Crippen LogP contribution in [0.5, 0.6) is 0 Å². The Hall–Kier alpha value is -0.700. The molecule has 0 bridgehead atoms. The van der Waals surface area contributed by atoms with E-state index in [2.05, 4.69) is 30.8 Å².